The molecule has 0 radical (unpaired) electrons. The maximum atomic E-state index is 14.2. The third kappa shape index (κ3) is 2.77. The van der Waals surface area contributed by atoms with Gasteiger partial charge in [-0.3, -0.25) is 9.59 Å². The summed E-state index contributed by atoms with van der Waals surface area (Å²) in [7, 11) is 1.27. The number of esters is 2. The van der Waals surface area contributed by atoms with Crippen molar-refractivity contribution in [3.8, 4) is 0 Å². The quantitative estimate of drug-likeness (QED) is 0.363. The summed E-state index contributed by atoms with van der Waals surface area (Å²) in [6.07, 6.45) is 6.12. The first-order valence-electron chi connectivity index (χ1n) is 12.1. The number of rotatable bonds is 3. The van der Waals surface area contributed by atoms with Crippen molar-refractivity contribution in [2.75, 3.05) is 7.11 Å². The highest BCUT2D eigenvalue weighted by atomic mass is 16.7. The fourth-order valence-electron chi connectivity index (χ4n) is 8.05. The molecule has 2 saturated carbocycles. The van der Waals surface area contributed by atoms with Gasteiger partial charge in [0, 0.05) is 18.4 Å². The second-order valence-electron chi connectivity index (χ2n) is 11.6. The number of epoxide rings is 1. The van der Waals surface area contributed by atoms with E-state index in [1.165, 1.54) is 25.7 Å². The molecular formula is C27H32O8. The molecule has 0 N–H and O–H groups in total. The molecule has 1 saturated heterocycles. The smallest absolute Gasteiger partial charge is 0.338 e. The summed E-state index contributed by atoms with van der Waals surface area (Å²) in [5.74, 6) is -1.95. The SMILES string of the molecule is COC(=O)C1OC12C(C)(C(=O)c1ccoc1)CCC1C3(C)C=CC(=O)OC(C)(C)C3CC(=O)C12C. The zero-order valence-electron chi connectivity index (χ0n) is 21.0. The van der Waals surface area contributed by atoms with Crippen LogP contribution >= 0.6 is 0 Å². The van der Waals surface area contributed by atoms with E-state index >= 15 is 0 Å². The number of Topliss-reactive ketones (excluding diaryl/α,β-unsaturated/α-hetero) is 2. The van der Waals surface area contributed by atoms with Gasteiger partial charge < -0.3 is 18.6 Å². The number of cyclic esters (lactones) is 1. The largest absolute Gasteiger partial charge is 0.472 e. The van der Waals surface area contributed by atoms with Crippen LogP contribution in [0.1, 0.15) is 64.2 Å². The number of hydrogen-bond acceptors (Lipinski definition) is 8. The molecule has 188 valence electrons. The fraction of sp³-hybridized carbons (Fsp3) is 0.630. The van der Waals surface area contributed by atoms with Crippen LogP contribution in [0.25, 0.3) is 0 Å². The summed E-state index contributed by atoms with van der Waals surface area (Å²) in [5.41, 5.74) is -4.86. The lowest BCUT2D eigenvalue weighted by Crippen LogP contribution is -2.70. The molecule has 7 unspecified atom stereocenters. The van der Waals surface area contributed by atoms with Gasteiger partial charge in [0.1, 0.15) is 23.2 Å². The minimum absolute atomic E-state index is 0.0956. The van der Waals surface area contributed by atoms with E-state index in [0.717, 1.165) is 0 Å². The lowest BCUT2D eigenvalue weighted by atomic mass is 9.38. The number of hydrogen-bond donors (Lipinski definition) is 0. The van der Waals surface area contributed by atoms with Crippen LogP contribution in [0.2, 0.25) is 0 Å². The summed E-state index contributed by atoms with van der Waals surface area (Å²) >= 11 is 0. The molecule has 3 heterocycles. The van der Waals surface area contributed by atoms with Gasteiger partial charge in [-0.25, -0.2) is 9.59 Å². The monoisotopic (exact) mass is 484 g/mol. The average Bonchev–Trinajstić information content (AvgIpc) is 3.36. The third-order valence-corrected chi connectivity index (χ3v) is 9.79. The lowest BCUT2D eigenvalue weighted by Gasteiger charge is -2.63. The van der Waals surface area contributed by atoms with Crippen LogP contribution in [-0.4, -0.2) is 47.9 Å². The van der Waals surface area contributed by atoms with Gasteiger partial charge in [0.2, 0.25) is 0 Å². The van der Waals surface area contributed by atoms with Gasteiger partial charge in [0.15, 0.2) is 11.9 Å². The van der Waals surface area contributed by atoms with E-state index in [1.54, 1.807) is 13.0 Å². The van der Waals surface area contributed by atoms with E-state index < -0.39 is 45.5 Å². The van der Waals surface area contributed by atoms with Gasteiger partial charge in [-0.1, -0.05) is 13.0 Å². The predicted octanol–water partition coefficient (Wildman–Crippen LogP) is 3.68. The number of ketones is 2. The van der Waals surface area contributed by atoms with Crippen LogP contribution in [0.4, 0.5) is 0 Å². The number of furan rings is 1. The molecule has 4 aliphatic rings. The van der Waals surface area contributed by atoms with Crippen molar-refractivity contribution in [1.82, 2.24) is 0 Å². The highest BCUT2D eigenvalue weighted by Gasteiger charge is 2.86. The van der Waals surface area contributed by atoms with Gasteiger partial charge in [-0.15, -0.1) is 0 Å². The molecule has 0 bridgehead atoms. The zero-order valence-corrected chi connectivity index (χ0v) is 21.0. The van der Waals surface area contributed by atoms with Crippen LogP contribution < -0.4 is 0 Å². The number of ether oxygens (including phenoxy) is 3. The zero-order chi connectivity index (χ0) is 25.6. The molecule has 1 aromatic heterocycles. The van der Waals surface area contributed by atoms with Crippen LogP contribution in [0, 0.1) is 28.1 Å². The Bertz CT molecular complexity index is 1150. The fourth-order valence-corrected chi connectivity index (χ4v) is 8.05. The Hall–Kier alpha value is -2.74. The molecule has 5 rings (SSSR count). The molecule has 8 heteroatoms. The van der Waals surface area contributed by atoms with E-state index in [-0.39, 0.29) is 29.8 Å². The molecule has 2 aliphatic heterocycles. The average molecular weight is 485 g/mol. The number of carbonyl (C=O) groups excluding carboxylic acids is 4. The topological polar surface area (TPSA) is 112 Å². The van der Waals surface area contributed by atoms with Crippen molar-refractivity contribution in [3.05, 3.63) is 36.3 Å². The van der Waals surface area contributed by atoms with Gasteiger partial charge in [0.05, 0.1) is 29.8 Å². The highest BCUT2D eigenvalue weighted by Crippen LogP contribution is 2.75. The Morgan fingerprint density at radius 3 is 2.43 bits per heavy atom. The van der Waals surface area contributed by atoms with E-state index in [1.807, 2.05) is 26.8 Å². The molecule has 35 heavy (non-hydrogen) atoms. The summed E-state index contributed by atoms with van der Waals surface area (Å²) in [4.78, 5) is 53.4. The van der Waals surface area contributed by atoms with Gasteiger partial charge >= 0.3 is 11.9 Å². The van der Waals surface area contributed by atoms with E-state index in [2.05, 4.69) is 6.92 Å². The standard InChI is InChI=1S/C27H32O8/c1-23(2)17-13-18(28)26(5)16(24(17,3)10-8-19(29)34-23)7-11-25(4,20(30)15-9-12-33-14-15)27(26)21(35-27)22(31)32-6/h8-10,12,14,16-17,21H,7,11,13H2,1-6H3. The van der Waals surface area contributed by atoms with Crippen molar-refractivity contribution in [3.63, 3.8) is 0 Å². The maximum Gasteiger partial charge on any atom is 0.338 e. The van der Waals surface area contributed by atoms with E-state index in [9.17, 15) is 19.2 Å². The predicted molar refractivity (Wildman–Crippen MR) is 122 cm³/mol. The number of allylic oxidation sites excluding steroid dienone is 1. The second-order valence-corrected chi connectivity index (χ2v) is 11.6. The van der Waals surface area contributed by atoms with Gasteiger partial charge in [-0.2, -0.15) is 0 Å². The molecule has 2 aliphatic carbocycles. The van der Waals surface area contributed by atoms with E-state index in [4.69, 9.17) is 18.6 Å². The van der Waals surface area contributed by atoms with Crippen molar-refractivity contribution in [1.29, 1.82) is 0 Å². The molecule has 1 aromatic rings. The van der Waals surface area contributed by atoms with Crippen molar-refractivity contribution < 1.29 is 37.8 Å². The van der Waals surface area contributed by atoms with Crippen molar-refractivity contribution in [2.24, 2.45) is 28.1 Å². The Labute approximate surface area is 204 Å². The lowest BCUT2D eigenvalue weighted by molar-refractivity contribution is -0.190. The molecule has 1 spiro atoms. The van der Waals surface area contributed by atoms with Crippen LogP contribution in [0.3, 0.4) is 0 Å². The Kier molecular flexibility index (Phi) is 4.90. The Morgan fingerprint density at radius 2 is 1.80 bits per heavy atom. The number of fused-ring (bicyclic) bond motifs is 4. The first-order valence-corrected chi connectivity index (χ1v) is 12.1. The first kappa shape index (κ1) is 24.0. The summed E-state index contributed by atoms with van der Waals surface area (Å²) in [5, 5.41) is 0. The Balaban J connectivity index is 1.70. The summed E-state index contributed by atoms with van der Waals surface area (Å²) in [6.45, 7) is 9.35. The summed E-state index contributed by atoms with van der Waals surface area (Å²) < 4.78 is 22.2. The molecule has 0 aromatic carbocycles. The third-order valence-electron chi connectivity index (χ3n) is 9.79. The Morgan fingerprint density at radius 1 is 1.09 bits per heavy atom. The summed E-state index contributed by atoms with van der Waals surface area (Å²) in [6, 6.07) is 1.59. The first-order chi connectivity index (χ1) is 16.3. The molecule has 3 fully saturated rings. The number of carbonyl (C=O) groups is 4. The highest BCUT2D eigenvalue weighted by molar-refractivity contribution is 6.04. The minimum atomic E-state index is -1.38. The van der Waals surface area contributed by atoms with Crippen LogP contribution in [0.15, 0.2) is 35.2 Å². The van der Waals surface area contributed by atoms with Gasteiger partial charge in [-0.05, 0) is 57.9 Å². The normalized spacial score (nSPS) is 43.5. The van der Waals surface area contributed by atoms with Crippen LogP contribution in [-0.2, 0) is 28.6 Å². The van der Waals surface area contributed by atoms with Crippen molar-refractivity contribution >= 4 is 23.5 Å². The second kappa shape index (κ2) is 7.15. The van der Waals surface area contributed by atoms with Crippen LogP contribution in [0.5, 0.6) is 0 Å². The van der Waals surface area contributed by atoms with Gasteiger partial charge in [0.25, 0.3) is 0 Å². The molecule has 8 nitrogen and oxygen atoms in total. The van der Waals surface area contributed by atoms with E-state index in [0.29, 0.717) is 18.4 Å². The number of methoxy groups -OCH3 is 1. The molecular weight excluding hydrogens is 452 g/mol. The molecule has 0 amide bonds. The minimum Gasteiger partial charge on any atom is -0.472 e. The van der Waals surface area contributed by atoms with Crippen molar-refractivity contribution in [2.45, 2.75) is 71.2 Å². The molecule has 7 atom stereocenters. The maximum absolute atomic E-state index is 14.2.